The Kier molecular flexibility index (Phi) is 5.01. The third-order valence-corrected chi connectivity index (χ3v) is 3.77. The Morgan fingerprint density at radius 3 is 2.04 bits per heavy atom. The molecule has 134 valence electrons. The van der Waals surface area contributed by atoms with Crippen LogP contribution in [0.1, 0.15) is 46.0 Å². The molecule has 1 aromatic carbocycles. The van der Waals surface area contributed by atoms with Crippen LogP contribution < -0.4 is 4.74 Å². The molecule has 0 aliphatic heterocycles. The van der Waals surface area contributed by atoms with Crippen molar-refractivity contribution in [1.82, 2.24) is 4.98 Å². The van der Waals surface area contributed by atoms with E-state index in [0.29, 0.717) is 16.8 Å². The molecule has 0 amide bonds. The summed E-state index contributed by atoms with van der Waals surface area (Å²) < 4.78 is 58.6. The molecule has 1 heterocycles. The zero-order valence-corrected chi connectivity index (χ0v) is 13.9. The van der Waals surface area contributed by atoms with Crippen LogP contribution in [0, 0.1) is 37.1 Å². The Balaban J connectivity index is 2.37. The number of ketones is 2. The number of Topliss-reactive ketones (excluding diaryl/α,β-unsaturated/α-hetero) is 2. The number of aromatic amines is 1. The number of carbonyl (C=O) groups excluding carboxylic acids is 2. The zero-order valence-electron chi connectivity index (χ0n) is 13.9. The molecule has 0 spiro atoms. The molecule has 8 heteroatoms. The Hall–Kier alpha value is -2.64. The number of aryl methyl sites for hydroxylation is 1. The predicted octanol–water partition coefficient (Wildman–Crippen LogP) is 4.04. The van der Waals surface area contributed by atoms with Gasteiger partial charge < -0.3 is 9.72 Å². The van der Waals surface area contributed by atoms with Crippen LogP contribution in [0.15, 0.2) is 6.07 Å². The first-order valence-electron chi connectivity index (χ1n) is 7.30. The highest BCUT2D eigenvalue weighted by molar-refractivity contribution is 6.04. The first-order chi connectivity index (χ1) is 11.6. The fraction of sp³-hybridized carbons (Fsp3) is 0.294. The number of benzene rings is 1. The minimum atomic E-state index is -1.73. The number of rotatable bonds is 5. The highest BCUT2D eigenvalue weighted by atomic mass is 19.2. The van der Waals surface area contributed by atoms with Gasteiger partial charge in [-0.2, -0.15) is 8.78 Å². The lowest BCUT2D eigenvalue weighted by Crippen LogP contribution is -2.26. The van der Waals surface area contributed by atoms with E-state index in [-0.39, 0.29) is 17.5 Å². The average Bonchev–Trinajstić information content (AvgIpc) is 2.83. The highest BCUT2D eigenvalue weighted by Crippen LogP contribution is 2.28. The largest absolute Gasteiger partial charge is 0.476 e. The van der Waals surface area contributed by atoms with E-state index in [9.17, 15) is 27.2 Å². The molecule has 25 heavy (non-hydrogen) atoms. The van der Waals surface area contributed by atoms with Gasteiger partial charge in [-0.05, 0) is 33.3 Å². The molecule has 0 radical (unpaired) electrons. The van der Waals surface area contributed by atoms with Crippen LogP contribution in [-0.2, 0) is 0 Å². The molecule has 4 nitrogen and oxygen atoms in total. The van der Waals surface area contributed by atoms with Crippen molar-refractivity contribution in [3.8, 4) is 5.75 Å². The van der Waals surface area contributed by atoms with E-state index >= 15 is 0 Å². The number of aromatic nitrogens is 1. The number of ether oxygens (including phenoxy) is 1. The molecule has 0 aliphatic rings. The molecule has 0 aliphatic carbocycles. The van der Waals surface area contributed by atoms with Gasteiger partial charge in [0, 0.05) is 17.3 Å². The van der Waals surface area contributed by atoms with Crippen molar-refractivity contribution in [2.24, 2.45) is 0 Å². The van der Waals surface area contributed by atoms with Gasteiger partial charge >= 0.3 is 0 Å². The lowest BCUT2D eigenvalue weighted by Gasteiger charge is -2.15. The van der Waals surface area contributed by atoms with Crippen molar-refractivity contribution in [3.63, 3.8) is 0 Å². The first-order valence-corrected chi connectivity index (χ1v) is 7.30. The van der Waals surface area contributed by atoms with Crippen LogP contribution in [0.3, 0.4) is 0 Å². The molecule has 0 saturated heterocycles. The summed E-state index contributed by atoms with van der Waals surface area (Å²) in [6, 6.07) is 0.0433. The molecular formula is C17H15F4NO3. The fourth-order valence-corrected chi connectivity index (χ4v) is 2.61. The van der Waals surface area contributed by atoms with Crippen LogP contribution in [-0.4, -0.2) is 22.7 Å². The predicted molar refractivity (Wildman–Crippen MR) is 81.0 cm³/mol. The maximum atomic E-state index is 13.7. The molecule has 0 saturated carbocycles. The second-order valence-electron chi connectivity index (χ2n) is 5.60. The van der Waals surface area contributed by atoms with Crippen molar-refractivity contribution in [2.45, 2.75) is 33.8 Å². The number of halogens is 4. The second kappa shape index (κ2) is 6.70. The van der Waals surface area contributed by atoms with Gasteiger partial charge in [0.1, 0.15) is 0 Å². The number of hydrogen-bond acceptors (Lipinski definition) is 3. The maximum Gasteiger partial charge on any atom is 0.219 e. The summed E-state index contributed by atoms with van der Waals surface area (Å²) in [6.07, 6.45) is -1.46. The molecule has 1 N–H and O–H groups in total. The van der Waals surface area contributed by atoms with Crippen LogP contribution in [0.25, 0.3) is 0 Å². The van der Waals surface area contributed by atoms with E-state index < -0.39 is 40.9 Å². The normalized spacial score (nSPS) is 12.2. The molecule has 1 unspecified atom stereocenters. The quantitative estimate of drug-likeness (QED) is 0.499. The number of nitrogens with one attached hydrogen (secondary N) is 1. The molecular weight excluding hydrogens is 342 g/mol. The summed E-state index contributed by atoms with van der Waals surface area (Å²) in [5, 5.41) is 0. The van der Waals surface area contributed by atoms with Gasteiger partial charge in [0.25, 0.3) is 0 Å². The molecule has 0 bridgehead atoms. The minimum absolute atomic E-state index is 0.0212. The summed E-state index contributed by atoms with van der Waals surface area (Å²) in [5.74, 6) is -9.05. The molecule has 0 fully saturated rings. The topological polar surface area (TPSA) is 59.2 Å². The standard InChI is InChI=1S/C17H15F4NO3/c1-6-12(8(3)23)7(2)22-15(6)16(24)9(4)25-17-13(20)10(18)5-11(19)14(17)21/h5,9,22H,1-4H3. The van der Waals surface area contributed by atoms with Gasteiger partial charge in [-0.3, -0.25) is 9.59 Å². The maximum absolute atomic E-state index is 13.7. The average molecular weight is 357 g/mol. The van der Waals surface area contributed by atoms with Gasteiger partial charge in [0.05, 0.1) is 5.69 Å². The Labute approximate surface area is 140 Å². The van der Waals surface area contributed by atoms with Crippen LogP contribution in [0.2, 0.25) is 0 Å². The van der Waals surface area contributed by atoms with Crippen molar-refractivity contribution in [1.29, 1.82) is 0 Å². The van der Waals surface area contributed by atoms with Gasteiger partial charge in [-0.15, -0.1) is 0 Å². The fourth-order valence-electron chi connectivity index (χ4n) is 2.61. The Morgan fingerprint density at radius 2 is 1.60 bits per heavy atom. The first kappa shape index (κ1) is 18.7. The number of H-pyrrole nitrogens is 1. The van der Waals surface area contributed by atoms with Crippen molar-refractivity contribution < 1.29 is 31.9 Å². The lowest BCUT2D eigenvalue weighted by molar-refractivity contribution is 0.0796. The highest BCUT2D eigenvalue weighted by Gasteiger charge is 2.28. The van der Waals surface area contributed by atoms with Crippen LogP contribution >= 0.6 is 0 Å². The van der Waals surface area contributed by atoms with E-state index in [2.05, 4.69) is 4.98 Å². The number of hydrogen-bond donors (Lipinski definition) is 1. The molecule has 1 atom stereocenters. The minimum Gasteiger partial charge on any atom is -0.476 e. The van der Waals surface area contributed by atoms with Gasteiger partial charge in [0.2, 0.25) is 17.4 Å². The van der Waals surface area contributed by atoms with Crippen LogP contribution in [0.4, 0.5) is 17.6 Å². The SMILES string of the molecule is CC(=O)c1c(C)[nH]c(C(=O)C(C)Oc2c(F)c(F)cc(F)c2F)c1C. The lowest BCUT2D eigenvalue weighted by atomic mass is 10.0. The van der Waals surface area contributed by atoms with E-state index in [1.807, 2.05) is 0 Å². The third-order valence-electron chi connectivity index (χ3n) is 3.77. The summed E-state index contributed by atoms with van der Waals surface area (Å²) in [7, 11) is 0. The Morgan fingerprint density at radius 1 is 1.08 bits per heavy atom. The van der Waals surface area contributed by atoms with E-state index in [4.69, 9.17) is 4.74 Å². The Bertz CT molecular complexity index is 847. The van der Waals surface area contributed by atoms with Crippen LogP contribution in [0.5, 0.6) is 5.75 Å². The van der Waals surface area contributed by atoms with Crippen molar-refractivity contribution in [2.75, 3.05) is 0 Å². The smallest absolute Gasteiger partial charge is 0.219 e. The van der Waals surface area contributed by atoms with E-state index in [0.717, 1.165) is 0 Å². The van der Waals surface area contributed by atoms with E-state index in [1.165, 1.54) is 20.8 Å². The van der Waals surface area contributed by atoms with E-state index in [1.54, 1.807) is 6.92 Å². The summed E-state index contributed by atoms with van der Waals surface area (Å²) in [4.78, 5) is 26.8. The monoisotopic (exact) mass is 357 g/mol. The number of carbonyl (C=O) groups is 2. The molecule has 1 aromatic heterocycles. The second-order valence-corrected chi connectivity index (χ2v) is 5.60. The molecule has 2 rings (SSSR count). The molecule has 2 aromatic rings. The van der Waals surface area contributed by atoms with Gasteiger partial charge in [0.15, 0.2) is 29.3 Å². The summed E-state index contributed by atoms with van der Waals surface area (Å²) in [6.45, 7) is 5.63. The zero-order chi connectivity index (χ0) is 19.0. The summed E-state index contributed by atoms with van der Waals surface area (Å²) in [5.41, 5.74) is 1.16. The third kappa shape index (κ3) is 3.29. The van der Waals surface area contributed by atoms with Crippen molar-refractivity contribution >= 4 is 11.6 Å². The van der Waals surface area contributed by atoms with Gasteiger partial charge in [-0.25, -0.2) is 8.78 Å². The van der Waals surface area contributed by atoms with Crippen molar-refractivity contribution in [3.05, 3.63) is 51.9 Å². The summed E-state index contributed by atoms with van der Waals surface area (Å²) >= 11 is 0. The van der Waals surface area contributed by atoms with Gasteiger partial charge in [-0.1, -0.05) is 0 Å².